The van der Waals surface area contributed by atoms with Gasteiger partial charge in [-0.2, -0.15) is 9.97 Å². The second-order valence-corrected chi connectivity index (χ2v) is 8.41. The maximum atomic E-state index is 5.64. The number of aromatic nitrogens is 3. The van der Waals surface area contributed by atoms with Crippen LogP contribution in [0, 0.1) is 11.7 Å². The molecule has 1 heterocycles. The normalized spacial score (nSPS) is 10.5. The predicted molar refractivity (Wildman–Crippen MR) is 136 cm³/mol. The first-order chi connectivity index (χ1) is 15.0. The van der Waals surface area contributed by atoms with E-state index in [-0.39, 0.29) is 0 Å². The van der Waals surface area contributed by atoms with Crippen LogP contribution in [-0.4, -0.2) is 19.6 Å². The van der Waals surface area contributed by atoms with Crippen LogP contribution in [0.4, 0.5) is 11.6 Å². The van der Waals surface area contributed by atoms with E-state index in [0.717, 1.165) is 27.0 Å². The van der Waals surface area contributed by atoms with Crippen molar-refractivity contribution in [3.63, 3.8) is 0 Å². The van der Waals surface area contributed by atoms with Crippen molar-refractivity contribution in [2.24, 2.45) is 0 Å². The molecule has 0 unspecified atom stereocenters. The maximum absolute atomic E-state index is 5.64. The molecule has 0 bridgehead atoms. The van der Waals surface area contributed by atoms with Crippen LogP contribution in [0.25, 0.3) is 17.1 Å². The van der Waals surface area contributed by atoms with Gasteiger partial charge in [-0.1, -0.05) is 64.5 Å². The van der Waals surface area contributed by atoms with Crippen molar-refractivity contribution >= 4 is 57.1 Å². The first kappa shape index (κ1) is 21.3. The summed E-state index contributed by atoms with van der Waals surface area (Å²) in [5.74, 6) is 1.01. The summed E-state index contributed by atoms with van der Waals surface area (Å²) >= 11 is 14.7. The third-order valence-electron chi connectivity index (χ3n) is 4.55. The van der Waals surface area contributed by atoms with Gasteiger partial charge in [0.2, 0.25) is 10.7 Å². The molecular weight excluding hydrogens is 490 g/mol. The second kappa shape index (κ2) is 9.47. The molecule has 0 spiro atoms. The Morgan fingerprint density at radius 2 is 1.55 bits per heavy atom. The highest BCUT2D eigenvalue weighted by Crippen LogP contribution is 2.22. The Hall–Kier alpha value is -2.94. The van der Waals surface area contributed by atoms with Crippen LogP contribution in [0.3, 0.4) is 0 Å². The van der Waals surface area contributed by atoms with Gasteiger partial charge in [-0.3, -0.25) is 4.57 Å². The fraction of sp³-hybridized carbons (Fsp3) is 0.0435. The summed E-state index contributed by atoms with van der Waals surface area (Å²) in [6.45, 7) is 2.02. The number of hydrogen-bond acceptors (Lipinski definition) is 4. The monoisotopic (exact) mass is 507 g/mol. The number of aryl methyl sites for hydroxylation is 1. The molecule has 154 valence electrons. The van der Waals surface area contributed by atoms with E-state index in [2.05, 4.69) is 31.5 Å². The van der Waals surface area contributed by atoms with Crippen molar-refractivity contribution in [2.45, 2.75) is 6.92 Å². The van der Waals surface area contributed by atoms with E-state index in [0.29, 0.717) is 21.7 Å². The second-order valence-electron chi connectivity index (χ2n) is 6.73. The number of nitrogens with one attached hydrogen (secondary N) is 2. The Kier molecular flexibility index (Phi) is 6.50. The number of rotatable bonds is 4. The lowest BCUT2D eigenvalue weighted by molar-refractivity contribution is 0.914. The fourth-order valence-corrected chi connectivity index (χ4v) is 3.74. The zero-order valence-corrected chi connectivity index (χ0v) is 19.8. The van der Waals surface area contributed by atoms with Gasteiger partial charge in [0.05, 0.1) is 5.69 Å². The van der Waals surface area contributed by atoms with E-state index >= 15 is 0 Å². The zero-order valence-electron chi connectivity index (χ0n) is 16.5. The number of halogens is 1. The molecule has 0 aliphatic heterocycles. The molecule has 0 aliphatic carbocycles. The minimum Gasteiger partial charge on any atom is -0.332 e. The standard InChI is InChI=1S/C23H18BrN5S2/c1-15-7-5-6-10-19(15)25-22(30)28-21-26-20(16-8-3-2-4-9-16)27-23(31)29(21)18-13-11-17(24)12-14-18/h2-14H,1H3,(H2,25,26,27,28,30,31). The largest absolute Gasteiger partial charge is 0.332 e. The van der Waals surface area contributed by atoms with E-state index in [9.17, 15) is 0 Å². The van der Waals surface area contributed by atoms with E-state index in [4.69, 9.17) is 29.4 Å². The number of thiocarbonyl (C=S) groups is 1. The molecule has 0 fully saturated rings. The van der Waals surface area contributed by atoms with Crippen molar-refractivity contribution in [3.05, 3.63) is 93.7 Å². The molecule has 0 saturated carbocycles. The summed E-state index contributed by atoms with van der Waals surface area (Å²) in [4.78, 5) is 9.30. The lowest BCUT2D eigenvalue weighted by Gasteiger charge is -2.17. The van der Waals surface area contributed by atoms with Crippen molar-refractivity contribution in [1.82, 2.24) is 14.5 Å². The van der Waals surface area contributed by atoms with E-state index < -0.39 is 0 Å². The van der Waals surface area contributed by atoms with Gasteiger partial charge in [0, 0.05) is 15.7 Å². The highest BCUT2D eigenvalue weighted by Gasteiger charge is 2.13. The molecule has 0 amide bonds. The minimum atomic E-state index is 0.373. The van der Waals surface area contributed by atoms with Crippen LogP contribution in [0.5, 0.6) is 0 Å². The molecule has 0 saturated heterocycles. The highest BCUT2D eigenvalue weighted by atomic mass is 79.9. The summed E-state index contributed by atoms with van der Waals surface area (Å²) in [5, 5.41) is 6.84. The first-order valence-electron chi connectivity index (χ1n) is 9.47. The van der Waals surface area contributed by atoms with Gasteiger partial charge >= 0.3 is 0 Å². The van der Waals surface area contributed by atoms with Crippen molar-refractivity contribution in [2.75, 3.05) is 10.6 Å². The minimum absolute atomic E-state index is 0.373. The van der Waals surface area contributed by atoms with Crippen LogP contribution in [0.15, 0.2) is 83.3 Å². The molecule has 31 heavy (non-hydrogen) atoms. The third-order valence-corrected chi connectivity index (χ3v) is 5.56. The maximum Gasteiger partial charge on any atom is 0.218 e. The number of para-hydroxylation sites is 1. The molecule has 0 radical (unpaired) electrons. The van der Waals surface area contributed by atoms with E-state index in [1.165, 1.54) is 0 Å². The molecule has 8 heteroatoms. The summed E-state index contributed by atoms with van der Waals surface area (Å²) in [6.07, 6.45) is 0. The molecule has 5 nitrogen and oxygen atoms in total. The Bertz CT molecular complexity index is 1290. The summed E-state index contributed by atoms with van der Waals surface area (Å²) in [6, 6.07) is 25.4. The molecule has 0 atom stereocenters. The van der Waals surface area contributed by atoms with Gasteiger partial charge in [-0.25, -0.2) is 0 Å². The predicted octanol–water partition coefficient (Wildman–Crippen LogP) is 6.54. The molecule has 4 aromatic rings. The molecule has 2 N–H and O–H groups in total. The van der Waals surface area contributed by atoms with E-state index in [1.54, 1.807) is 4.57 Å². The Labute approximate surface area is 199 Å². The molecule has 1 aromatic heterocycles. The highest BCUT2D eigenvalue weighted by molar-refractivity contribution is 9.10. The molecular formula is C23H18BrN5S2. The van der Waals surface area contributed by atoms with E-state index in [1.807, 2.05) is 85.8 Å². The summed E-state index contributed by atoms with van der Waals surface area (Å²) in [7, 11) is 0. The number of nitrogens with zero attached hydrogens (tertiary/aromatic N) is 3. The van der Waals surface area contributed by atoms with Crippen LogP contribution in [-0.2, 0) is 0 Å². The Morgan fingerprint density at radius 3 is 2.26 bits per heavy atom. The number of hydrogen-bond donors (Lipinski definition) is 2. The smallest absolute Gasteiger partial charge is 0.218 e. The van der Waals surface area contributed by atoms with Gasteiger partial charge in [0.1, 0.15) is 0 Å². The van der Waals surface area contributed by atoms with Crippen LogP contribution < -0.4 is 10.6 Å². The fourth-order valence-electron chi connectivity index (χ4n) is 3.00. The van der Waals surface area contributed by atoms with Crippen molar-refractivity contribution in [3.8, 4) is 17.1 Å². The van der Waals surface area contributed by atoms with Gasteiger partial charge in [-0.05, 0) is 67.3 Å². The summed E-state index contributed by atoms with van der Waals surface area (Å²) in [5.41, 5.74) is 3.71. The van der Waals surface area contributed by atoms with Gasteiger partial charge in [-0.15, -0.1) is 0 Å². The van der Waals surface area contributed by atoms with Gasteiger partial charge in [0.25, 0.3) is 0 Å². The lowest BCUT2D eigenvalue weighted by Crippen LogP contribution is -2.24. The molecule has 0 aliphatic rings. The topological polar surface area (TPSA) is 54.8 Å². The van der Waals surface area contributed by atoms with Gasteiger partial charge in [0.15, 0.2) is 10.9 Å². The van der Waals surface area contributed by atoms with Crippen molar-refractivity contribution in [1.29, 1.82) is 0 Å². The Balaban J connectivity index is 1.76. The van der Waals surface area contributed by atoms with Crippen LogP contribution in [0.1, 0.15) is 5.56 Å². The molecule has 4 rings (SSSR count). The van der Waals surface area contributed by atoms with Crippen LogP contribution >= 0.6 is 40.4 Å². The van der Waals surface area contributed by atoms with Gasteiger partial charge < -0.3 is 10.6 Å². The lowest BCUT2D eigenvalue weighted by atomic mass is 10.2. The number of anilines is 2. The SMILES string of the molecule is Cc1ccccc1NC(=S)Nc1nc(-c2ccccc2)nc(=S)n1-c1ccc(Br)cc1. The first-order valence-corrected chi connectivity index (χ1v) is 11.1. The average Bonchev–Trinajstić information content (AvgIpc) is 2.77. The molecule has 3 aromatic carbocycles. The number of benzene rings is 3. The third kappa shape index (κ3) is 5.04. The van der Waals surface area contributed by atoms with Crippen molar-refractivity contribution < 1.29 is 0 Å². The zero-order chi connectivity index (χ0) is 21.8. The Morgan fingerprint density at radius 1 is 0.871 bits per heavy atom. The summed E-state index contributed by atoms with van der Waals surface area (Å²) < 4.78 is 3.10. The quantitative estimate of drug-likeness (QED) is 0.305. The average molecular weight is 508 g/mol. The van der Waals surface area contributed by atoms with Crippen LogP contribution in [0.2, 0.25) is 0 Å².